The van der Waals surface area contributed by atoms with Gasteiger partial charge in [0.2, 0.25) is 5.91 Å². The number of carbonyl (C=O) groups excluding carboxylic acids is 1. The molecule has 0 aromatic heterocycles. The number of rotatable bonds is 7. The third-order valence-electron chi connectivity index (χ3n) is 2.94. The number of nitrogens with two attached hydrogens (primary N) is 1. The van der Waals surface area contributed by atoms with Gasteiger partial charge in [0.25, 0.3) is 0 Å². The summed E-state index contributed by atoms with van der Waals surface area (Å²) in [6.45, 7) is 1.49. The first kappa shape index (κ1) is 13.9. The quantitative estimate of drug-likeness (QED) is 0.449. The Morgan fingerprint density at radius 2 is 2.24 bits per heavy atom. The zero-order chi connectivity index (χ0) is 12.7. The maximum Gasteiger partial charge on any atom is 0.320 e. The molecule has 1 rings (SSSR count). The molecule has 1 heterocycles. The highest BCUT2D eigenvalue weighted by atomic mass is 16.4. The normalized spacial score (nSPS) is 21.1. The summed E-state index contributed by atoms with van der Waals surface area (Å²) in [6.07, 6.45) is 3.87. The summed E-state index contributed by atoms with van der Waals surface area (Å²) in [5.74, 6) is -0.922. The van der Waals surface area contributed by atoms with E-state index in [1.165, 1.54) is 0 Å². The van der Waals surface area contributed by atoms with Gasteiger partial charge in [-0.2, -0.15) is 0 Å². The molecule has 0 aromatic carbocycles. The summed E-state index contributed by atoms with van der Waals surface area (Å²) in [5, 5.41) is 14.5. The van der Waals surface area contributed by atoms with E-state index in [9.17, 15) is 9.59 Å². The Morgan fingerprint density at radius 1 is 1.47 bits per heavy atom. The van der Waals surface area contributed by atoms with Crippen LogP contribution in [0.5, 0.6) is 0 Å². The topological polar surface area (TPSA) is 104 Å². The number of aliphatic carboxylic acids is 1. The van der Waals surface area contributed by atoms with E-state index < -0.39 is 12.0 Å². The average molecular weight is 243 g/mol. The average Bonchev–Trinajstić information content (AvgIpc) is 2.81. The van der Waals surface area contributed by atoms with E-state index in [1.54, 1.807) is 0 Å². The van der Waals surface area contributed by atoms with Crippen LogP contribution in [0.15, 0.2) is 0 Å². The lowest BCUT2D eigenvalue weighted by molar-refractivity contribution is -0.138. The second kappa shape index (κ2) is 7.24. The van der Waals surface area contributed by atoms with E-state index in [2.05, 4.69) is 10.6 Å². The molecule has 0 saturated carbocycles. The van der Waals surface area contributed by atoms with E-state index in [4.69, 9.17) is 10.8 Å². The van der Waals surface area contributed by atoms with Crippen LogP contribution in [0.1, 0.15) is 32.1 Å². The van der Waals surface area contributed by atoms with Crippen molar-refractivity contribution in [3.8, 4) is 0 Å². The number of carboxylic acids is 1. The standard InChI is InChI=1S/C11H21N3O3/c12-8(11(16)17)4-1-2-6-14-10(15)9-5-3-7-13-9/h8-9,13H,1-7,12H2,(H,14,15)(H,16,17)/t8-,9-/m0/s1. The molecule has 1 saturated heterocycles. The Hall–Kier alpha value is -1.14. The molecule has 0 unspecified atom stereocenters. The number of hydrogen-bond acceptors (Lipinski definition) is 4. The van der Waals surface area contributed by atoms with Gasteiger partial charge in [0.1, 0.15) is 6.04 Å². The van der Waals surface area contributed by atoms with Crippen molar-refractivity contribution in [3.63, 3.8) is 0 Å². The fraction of sp³-hybridized carbons (Fsp3) is 0.818. The minimum absolute atomic E-state index is 0.0451. The molecule has 1 amide bonds. The van der Waals surface area contributed by atoms with Gasteiger partial charge < -0.3 is 21.5 Å². The molecular formula is C11H21N3O3. The zero-order valence-corrected chi connectivity index (χ0v) is 9.95. The molecule has 0 radical (unpaired) electrons. The summed E-state index contributed by atoms with van der Waals surface area (Å²) < 4.78 is 0. The highest BCUT2D eigenvalue weighted by molar-refractivity contribution is 5.81. The van der Waals surface area contributed by atoms with Gasteiger partial charge in [0.15, 0.2) is 0 Å². The predicted molar refractivity (Wildman–Crippen MR) is 63.5 cm³/mol. The monoisotopic (exact) mass is 243 g/mol. The van der Waals surface area contributed by atoms with Crippen LogP contribution in [0, 0.1) is 0 Å². The first-order valence-corrected chi connectivity index (χ1v) is 6.10. The number of amides is 1. The largest absolute Gasteiger partial charge is 0.480 e. The molecule has 0 bridgehead atoms. The van der Waals surface area contributed by atoms with Crippen molar-refractivity contribution in [3.05, 3.63) is 0 Å². The molecule has 6 heteroatoms. The highest BCUT2D eigenvalue weighted by Crippen LogP contribution is 2.04. The van der Waals surface area contributed by atoms with Crippen LogP contribution in [0.25, 0.3) is 0 Å². The Balaban J connectivity index is 2.00. The van der Waals surface area contributed by atoms with Gasteiger partial charge in [-0.3, -0.25) is 9.59 Å². The molecule has 0 aliphatic carbocycles. The van der Waals surface area contributed by atoms with E-state index in [-0.39, 0.29) is 11.9 Å². The van der Waals surface area contributed by atoms with Gasteiger partial charge in [-0.25, -0.2) is 0 Å². The van der Waals surface area contributed by atoms with Crippen molar-refractivity contribution in [2.75, 3.05) is 13.1 Å². The van der Waals surface area contributed by atoms with Gasteiger partial charge in [-0.1, -0.05) is 0 Å². The van der Waals surface area contributed by atoms with Gasteiger partial charge in [-0.15, -0.1) is 0 Å². The number of hydrogen-bond donors (Lipinski definition) is 4. The zero-order valence-electron chi connectivity index (χ0n) is 9.95. The Bertz CT molecular complexity index is 265. The molecule has 6 nitrogen and oxygen atoms in total. The predicted octanol–water partition coefficient (Wildman–Crippen LogP) is -0.563. The second-order valence-electron chi connectivity index (χ2n) is 4.38. The van der Waals surface area contributed by atoms with Gasteiger partial charge in [-0.05, 0) is 38.6 Å². The highest BCUT2D eigenvalue weighted by Gasteiger charge is 2.21. The third-order valence-corrected chi connectivity index (χ3v) is 2.94. The lowest BCUT2D eigenvalue weighted by atomic mass is 10.1. The van der Waals surface area contributed by atoms with Crippen molar-refractivity contribution in [2.45, 2.75) is 44.2 Å². The lowest BCUT2D eigenvalue weighted by Gasteiger charge is -2.11. The van der Waals surface area contributed by atoms with Crippen LogP contribution in [0.3, 0.4) is 0 Å². The molecule has 5 N–H and O–H groups in total. The number of nitrogens with one attached hydrogen (secondary N) is 2. The molecule has 0 aromatic rings. The minimum atomic E-state index is -0.968. The van der Waals surface area contributed by atoms with E-state index in [0.29, 0.717) is 19.4 Å². The molecule has 17 heavy (non-hydrogen) atoms. The lowest BCUT2D eigenvalue weighted by Crippen LogP contribution is -2.40. The van der Waals surface area contributed by atoms with E-state index >= 15 is 0 Å². The van der Waals surface area contributed by atoms with Crippen LogP contribution in [0.4, 0.5) is 0 Å². The Kier molecular flexibility index (Phi) is 5.93. The van der Waals surface area contributed by atoms with Crippen LogP contribution in [-0.2, 0) is 9.59 Å². The maximum atomic E-state index is 11.6. The number of carbonyl (C=O) groups is 2. The van der Waals surface area contributed by atoms with Crippen LogP contribution < -0.4 is 16.4 Å². The van der Waals surface area contributed by atoms with E-state index in [0.717, 1.165) is 25.8 Å². The maximum absolute atomic E-state index is 11.6. The Labute approximate surface area is 101 Å². The summed E-state index contributed by atoms with van der Waals surface area (Å²) in [6, 6.07) is -0.835. The van der Waals surface area contributed by atoms with Crippen LogP contribution >= 0.6 is 0 Å². The molecule has 1 fully saturated rings. The van der Waals surface area contributed by atoms with Crippen molar-refractivity contribution >= 4 is 11.9 Å². The Morgan fingerprint density at radius 3 is 2.82 bits per heavy atom. The van der Waals surface area contributed by atoms with Gasteiger partial charge in [0, 0.05) is 6.54 Å². The van der Waals surface area contributed by atoms with Crippen molar-refractivity contribution < 1.29 is 14.7 Å². The number of unbranched alkanes of at least 4 members (excludes halogenated alkanes) is 1. The summed E-state index contributed by atoms with van der Waals surface area (Å²) in [7, 11) is 0. The smallest absolute Gasteiger partial charge is 0.320 e. The fourth-order valence-electron chi connectivity index (χ4n) is 1.86. The fourth-order valence-corrected chi connectivity index (χ4v) is 1.86. The van der Waals surface area contributed by atoms with E-state index in [1.807, 2.05) is 0 Å². The molecule has 1 aliphatic heterocycles. The van der Waals surface area contributed by atoms with Crippen LogP contribution in [-0.4, -0.2) is 42.2 Å². The molecule has 98 valence electrons. The summed E-state index contributed by atoms with van der Waals surface area (Å²) in [4.78, 5) is 22.0. The molecule has 2 atom stereocenters. The first-order chi connectivity index (χ1) is 8.11. The van der Waals surface area contributed by atoms with Crippen molar-refractivity contribution in [1.29, 1.82) is 0 Å². The van der Waals surface area contributed by atoms with Crippen molar-refractivity contribution in [1.82, 2.24) is 10.6 Å². The third kappa shape index (κ3) is 5.14. The molecular weight excluding hydrogens is 222 g/mol. The van der Waals surface area contributed by atoms with Crippen LogP contribution in [0.2, 0.25) is 0 Å². The SMILES string of the molecule is N[C@@H](CCCCNC(=O)[C@@H]1CCCN1)C(=O)O. The number of carboxylic acid groups (broad SMARTS) is 1. The minimum Gasteiger partial charge on any atom is -0.480 e. The first-order valence-electron chi connectivity index (χ1n) is 6.10. The molecule has 0 spiro atoms. The van der Waals surface area contributed by atoms with Crippen molar-refractivity contribution in [2.24, 2.45) is 5.73 Å². The summed E-state index contributed by atoms with van der Waals surface area (Å²) >= 11 is 0. The van der Waals surface area contributed by atoms with Gasteiger partial charge in [0.05, 0.1) is 6.04 Å². The molecule has 1 aliphatic rings. The second-order valence-corrected chi connectivity index (χ2v) is 4.38. The van der Waals surface area contributed by atoms with Gasteiger partial charge >= 0.3 is 5.97 Å². The summed E-state index contributed by atoms with van der Waals surface area (Å²) in [5.41, 5.74) is 5.36.